The molecule has 72 heavy (non-hydrogen) atoms. The number of rotatable bonds is 15. The number of nitriles is 1. The zero-order valence-corrected chi connectivity index (χ0v) is 42.2. The number of amides is 4. The average Bonchev–Trinajstić information content (AvgIpc) is 3.98. The van der Waals surface area contributed by atoms with E-state index in [1.54, 1.807) is 27.8 Å². The summed E-state index contributed by atoms with van der Waals surface area (Å²) in [5.41, 5.74) is 2.16. The van der Waals surface area contributed by atoms with Gasteiger partial charge in [0, 0.05) is 25.2 Å². The van der Waals surface area contributed by atoms with E-state index in [-0.39, 0.29) is 54.1 Å². The summed E-state index contributed by atoms with van der Waals surface area (Å²) >= 11 is 7.33. The summed E-state index contributed by atoms with van der Waals surface area (Å²) in [7, 11) is 0. The van der Waals surface area contributed by atoms with E-state index < -0.39 is 58.3 Å². The van der Waals surface area contributed by atoms with Crippen molar-refractivity contribution in [2.75, 3.05) is 36.2 Å². The summed E-state index contributed by atoms with van der Waals surface area (Å²) in [5.74, 6) is -0.315. The van der Waals surface area contributed by atoms with Gasteiger partial charge in [0.05, 0.1) is 58.3 Å². The number of aryl methyl sites for hydroxylation is 1. The number of hydrogen-bond donors (Lipinski definition) is 3. The van der Waals surface area contributed by atoms with Crippen molar-refractivity contribution in [3.8, 4) is 22.3 Å². The van der Waals surface area contributed by atoms with Crippen LogP contribution in [0.5, 0.6) is 5.75 Å². The molecular weight excluding hydrogens is 968 g/mol. The highest BCUT2D eigenvalue weighted by Gasteiger charge is 2.60. The summed E-state index contributed by atoms with van der Waals surface area (Å²) in [6, 6.07) is 18.0. The first kappa shape index (κ1) is 51.0. The molecule has 3 N–H and O–H groups in total. The number of aliphatic hydroxyl groups excluding tert-OH is 1. The van der Waals surface area contributed by atoms with E-state index >= 15 is 0 Å². The number of nitrogens with one attached hydrogen (secondary N) is 2. The topological polar surface area (TPSA) is 177 Å². The molecule has 3 aliphatic carbocycles. The molecule has 3 saturated carbocycles. The van der Waals surface area contributed by atoms with Crippen molar-refractivity contribution in [1.82, 2.24) is 20.5 Å². The fourth-order valence-corrected chi connectivity index (χ4v) is 12.6. The molecule has 3 atom stereocenters. The smallest absolute Gasteiger partial charge is 0.417 e. The van der Waals surface area contributed by atoms with Gasteiger partial charge in [0.2, 0.25) is 17.7 Å². The predicted octanol–water partition coefficient (Wildman–Crippen LogP) is 8.08. The fourth-order valence-electron chi connectivity index (χ4n) is 11.3. The molecule has 5 aliphatic rings. The number of thiocarbonyl (C=S) groups is 1. The van der Waals surface area contributed by atoms with E-state index in [0.717, 1.165) is 70.8 Å². The number of anilines is 2. The van der Waals surface area contributed by atoms with Crippen LogP contribution in [0.25, 0.3) is 10.4 Å². The number of aromatic nitrogens is 1. The fraction of sp³-hybridized carbons (Fsp3) is 0.491. The third kappa shape index (κ3) is 10.1. The maximum absolute atomic E-state index is 14.1. The molecule has 2 aliphatic heterocycles. The van der Waals surface area contributed by atoms with Crippen LogP contribution >= 0.6 is 23.6 Å². The molecule has 4 aromatic rings. The molecular formula is C53H58F3N7O7S2. The van der Waals surface area contributed by atoms with Gasteiger partial charge in [-0.2, -0.15) is 18.4 Å². The number of aliphatic hydroxyl groups is 1. The number of carbonyl (C=O) groups is 4. The van der Waals surface area contributed by atoms with Crippen molar-refractivity contribution in [2.24, 2.45) is 22.7 Å². The third-order valence-electron chi connectivity index (χ3n) is 15.0. The highest BCUT2D eigenvalue weighted by molar-refractivity contribution is 7.81. The number of carbonyl (C=O) groups excluding carboxylic acids is 4. The SMILES string of the molecule is Cc1ncsc1-c1ccc(CNC(=O)[C@@H]2C[C@@H](O)CN2C(=O)C(NC(=O)COCC2CC3(C2)CC(COc2ccc(N4C(=S)N(c5ccc(C#N)c(C(F)(F)F)c5)C(=O)C45CCC5)cc2)C3)C(C)(C)C)cc1. The lowest BCUT2D eigenvalue weighted by Crippen LogP contribution is -2.58. The molecule has 9 rings (SSSR count). The van der Waals surface area contributed by atoms with Crippen LogP contribution in [-0.4, -0.2) is 93.8 Å². The van der Waals surface area contributed by atoms with E-state index in [4.69, 9.17) is 21.7 Å². The Hall–Kier alpha value is -5.94. The second-order valence-electron chi connectivity index (χ2n) is 21.3. The number of hydrogen-bond acceptors (Lipinski definition) is 11. The minimum Gasteiger partial charge on any atom is -0.493 e. The predicted molar refractivity (Wildman–Crippen MR) is 268 cm³/mol. The number of nitrogens with zero attached hydrogens (tertiary/aromatic N) is 5. The largest absolute Gasteiger partial charge is 0.493 e. The number of thiazole rings is 1. The van der Waals surface area contributed by atoms with E-state index in [0.29, 0.717) is 49.3 Å². The van der Waals surface area contributed by atoms with Gasteiger partial charge in [-0.15, -0.1) is 11.3 Å². The monoisotopic (exact) mass is 1030 g/mol. The Morgan fingerprint density at radius 2 is 1.65 bits per heavy atom. The minimum atomic E-state index is -4.79. The van der Waals surface area contributed by atoms with Gasteiger partial charge in [0.25, 0.3) is 5.91 Å². The van der Waals surface area contributed by atoms with Crippen LogP contribution in [0.1, 0.15) is 94.5 Å². The summed E-state index contributed by atoms with van der Waals surface area (Å²) in [4.78, 5) is 64.4. The molecule has 4 amide bonds. The molecule has 14 nitrogen and oxygen atoms in total. The van der Waals surface area contributed by atoms with Crippen molar-refractivity contribution in [3.05, 3.63) is 94.6 Å². The quantitative estimate of drug-likeness (QED) is 0.0982. The maximum Gasteiger partial charge on any atom is 0.417 e. The van der Waals surface area contributed by atoms with Gasteiger partial charge in [0.1, 0.15) is 30.0 Å². The van der Waals surface area contributed by atoms with Gasteiger partial charge >= 0.3 is 6.18 Å². The zero-order chi connectivity index (χ0) is 51.3. The van der Waals surface area contributed by atoms with Crippen LogP contribution in [0, 0.1) is 40.9 Å². The number of halogens is 3. The van der Waals surface area contributed by atoms with Crippen molar-refractivity contribution in [1.29, 1.82) is 5.26 Å². The van der Waals surface area contributed by atoms with Gasteiger partial charge in [-0.25, -0.2) is 4.98 Å². The Kier molecular flexibility index (Phi) is 14.0. The maximum atomic E-state index is 14.1. The number of ether oxygens (including phenoxy) is 2. The molecule has 0 bridgehead atoms. The van der Waals surface area contributed by atoms with Gasteiger partial charge in [0.15, 0.2) is 5.11 Å². The Morgan fingerprint density at radius 3 is 2.25 bits per heavy atom. The number of likely N-dealkylation sites (tertiary alicyclic amines) is 1. The Balaban J connectivity index is 0.704. The standard InChI is InChI=1S/C53H58F3N7O7S2/c1-31-44(72-30-59-31)35-8-6-32(7-9-35)25-58-46(66)42-19-39(64)26-61(42)47(67)45(50(2,3)4)60-43(65)29-69-27-33-20-51(21-33)22-34(23-51)28-70-40-14-12-37(13-15-40)63-49(71)62(48(68)52(63)16-5-17-52)38-11-10-36(24-57)41(18-38)53(54,55)56/h6-15,18,30,33-34,39,42,45,64H,5,16-17,19-23,25-29H2,1-4H3,(H,58,66)(H,60,65)/t33?,34?,39-,42+,45?,51?/m1/s1. The molecule has 3 heterocycles. The van der Waals surface area contributed by atoms with E-state index in [1.165, 1.54) is 11.0 Å². The highest BCUT2D eigenvalue weighted by atomic mass is 32.1. The molecule has 5 fully saturated rings. The van der Waals surface area contributed by atoms with Gasteiger partial charge in [-0.1, -0.05) is 45.0 Å². The lowest BCUT2D eigenvalue weighted by molar-refractivity contribution is -0.145. The normalized spacial score (nSPS) is 23.8. The first-order chi connectivity index (χ1) is 34.2. The highest BCUT2D eigenvalue weighted by Crippen LogP contribution is 2.61. The van der Waals surface area contributed by atoms with Crippen LogP contribution in [0.3, 0.4) is 0 Å². The molecule has 19 heteroatoms. The summed E-state index contributed by atoms with van der Waals surface area (Å²) in [5, 5.41) is 25.8. The first-order valence-corrected chi connectivity index (χ1v) is 25.6. The molecule has 0 radical (unpaired) electrons. The van der Waals surface area contributed by atoms with E-state index in [1.807, 2.05) is 76.2 Å². The molecule has 3 aromatic carbocycles. The summed E-state index contributed by atoms with van der Waals surface area (Å²) in [6.07, 6.45) is 0.170. The average molecular weight is 1030 g/mol. The van der Waals surface area contributed by atoms with Crippen molar-refractivity contribution >= 4 is 63.7 Å². The van der Waals surface area contributed by atoms with E-state index in [2.05, 4.69) is 15.6 Å². The summed E-state index contributed by atoms with van der Waals surface area (Å²) in [6.45, 7) is 8.44. The minimum absolute atomic E-state index is 0.0201. The Bertz CT molecular complexity index is 2770. The lowest BCUT2D eigenvalue weighted by Gasteiger charge is -2.57. The van der Waals surface area contributed by atoms with Crippen LogP contribution < -0.4 is 25.2 Å². The molecule has 2 saturated heterocycles. The number of benzene rings is 3. The Labute approximate surface area is 425 Å². The van der Waals surface area contributed by atoms with Gasteiger partial charge in [-0.3, -0.25) is 24.1 Å². The van der Waals surface area contributed by atoms with E-state index in [9.17, 15) is 42.7 Å². The van der Waals surface area contributed by atoms with Crippen molar-refractivity contribution in [2.45, 2.75) is 116 Å². The van der Waals surface area contributed by atoms with Crippen LogP contribution in [0.15, 0.2) is 72.2 Å². The number of alkyl halides is 3. The van der Waals surface area contributed by atoms with Crippen LogP contribution in [0.2, 0.25) is 0 Å². The second kappa shape index (κ2) is 19.8. The zero-order valence-electron chi connectivity index (χ0n) is 40.6. The molecule has 2 spiro atoms. The third-order valence-corrected chi connectivity index (χ3v) is 16.4. The lowest BCUT2D eigenvalue weighted by atomic mass is 9.48. The first-order valence-electron chi connectivity index (χ1n) is 24.3. The van der Waals surface area contributed by atoms with Crippen LogP contribution in [-0.2, 0) is 36.6 Å². The second-order valence-corrected chi connectivity index (χ2v) is 22.5. The molecule has 1 aromatic heterocycles. The van der Waals surface area contributed by atoms with Gasteiger partial charge in [-0.05, 0) is 140 Å². The van der Waals surface area contributed by atoms with Crippen molar-refractivity contribution in [3.63, 3.8) is 0 Å². The number of β-amino-alcohol motifs (C(OH)–C–C–N with tert-alkyl or cyclic N) is 1. The molecule has 380 valence electrons. The van der Waals surface area contributed by atoms with Crippen molar-refractivity contribution < 1.29 is 46.9 Å². The molecule has 1 unspecified atom stereocenters. The Morgan fingerprint density at radius 1 is 0.986 bits per heavy atom. The summed E-state index contributed by atoms with van der Waals surface area (Å²) < 4.78 is 53.6. The van der Waals surface area contributed by atoms with Gasteiger partial charge < -0.3 is 35.0 Å². The van der Waals surface area contributed by atoms with Crippen LogP contribution in [0.4, 0.5) is 24.5 Å².